The van der Waals surface area contributed by atoms with Crippen molar-refractivity contribution in [3.8, 4) is 0 Å². The van der Waals surface area contributed by atoms with Gasteiger partial charge in [-0.1, -0.05) is 0 Å². The van der Waals surface area contributed by atoms with Crippen LogP contribution in [0.3, 0.4) is 0 Å². The molecule has 16 heavy (non-hydrogen) atoms. The number of hydrogen-bond acceptors (Lipinski definition) is 5. The molecule has 6 nitrogen and oxygen atoms in total. The van der Waals surface area contributed by atoms with Gasteiger partial charge in [-0.2, -0.15) is 0 Å². The maximum Gasteiger partial charge on any atom is 0.331 e. The molecule has 1 atom stereocenters. The van der Waals surface area contributed by atoms with Crippen LogP contribution in [0.5, 0.6) is 0 Å². The Morgan fingerprint density at radius 3 is 3.06 bits per heavy atom. The molecule has 0 aromatic carbocycles. The quantitative estimate of drug-likeness (QED) is 0.693. The van der Waals surface area contributed by atoms with Crippen molar-refractivity contribution in [1.29, 1.82) is 0 Å². The summed E-state index contributed by atoms with van der Waals surface area (Å²) >= 11 is 0. The molecule has 88 valence electrons. The number of carbonyl (C=O) groups excluding carboxylic acids is 1. The van der Waals surface area contributed by atoms with Crippen LogP contribution in [0.1, 0.15) is 32.6 Å². The lowest BCUT2D eigenvalue weighted by molar-refractivity contribution is -0.158. The third-order valence-corrected chi connectivity index (χ3v) is 2.25. The molecule has 0 saturated heterocycles. The highest BCUT2D eigenvalue weighted by Crippen LogP contribution is 2.19. The van der Waals surface area contributed by atoms with Gasteiger partial charge in [0.15, 0.2) is 11.9 Å². The summed E-state index contributed by atoms with van der Waals surface area (Å²) in [5.41, 5.74) is -0.485. The Labute approximate surface area is 94.0 Å². The molecule has 2 heterocycles. The Hall–Kier alpha value is -1.43. The highest BCUT2D eigenvalue weighted by molar-refractivity contribution is 5.77. The average molecular weight is 224 g/mol. The van der Waals surface area contributed by atoms with Crippen LogP contribution < -0.4 is 5.32 Å². The Balaban J connectivity index is 2.15. The number of hydrogen-bond donors (Lipinski definition) is 1. The van der Waals surface area contributed by atoms with E-state index in [2.05, 4.69) is 15.5 Å². The van der Waals surface area contributed by atoms with Gasteiger partial charge >= 0.3 is 5.97 Å². The van der Waals surface area contributed by atoms with E-state index >= 15 is 0 Å². The van der Waals surface area contributed by atoms with E-state index in [4.69, 9.17) is 4.74 Å². The van der Waals surface area contributed by atoms with Crippen LogP contribution in [0.25, 0.3) is 0 Å². The summed E-state index contributed by atoms with van der Waals surface area (Å²) < 4.78 is 7.19. The van der Waals surface area contributed by atoms with Crippen molar-refractivity contribution in [3.05, 3.63) is 12.2 Å². The van der Waals surface area contributed by atoms with Crippen molar-refractivity contribution in [2.45, 2.75) is 39.0 Å². The lowest BCUT2D eigenvalue weighted by Gasteiger charge is -2.26. The van der Waals surface area contributed by atoms with E-state index in [-0.39, 0.29) is 5.97 Å². The topological polar surface area (TPSA) is 69.0 Å². The fourth-order valence-electron chi connectivity index (χ4n) is 1.63. The summed E-state index contributed by atoms with van der Waals surface area (Å²) in [7, 11) is 0. The molecule has 1 aromatic heterocycles. The Kier molecular flexibility index (Phi) is 2.67. The normalized spacial score (nSPS) is 20.3. The first-order valence-corrected chi connectivity index (χ1v) is 5.31. The van der Waals surface area contributed by atoms with Gasteiger partial charge in [-0.15, -0.1) is 10.2 Å². The minimum atomic E-state index is -0.504. The lowest BCUT2D eigenvalue weighted by atomic mass is 10.1. The van der Waals surface area contributed by atoms with Gasteiger partial charge < -0.3 is 9.30 Å². The largest absolute Gasteiger partial charge is 0.458 e. The molecule has 1 aliphatic rings. The summed E-state index contributed by atoms with van der Waals surface area (Å²) in [5.74, 6) is 0.321. The monoisotopic (exact) mass is 224 g/mol. The number of carbonyl (C=O) groups is 1. The number of fused-ring (bicyclic) bond motifs is 1. The first-order chi connectivity index (χ1) is 7.47. The molecule has 2 rings (SSSR count). The summed E-state index contributed by atoms with van der Waals surface area (Å²) in [6.45, 7) is 7.03. The summed E-state index contributed by atoms with van der Waals surface area (Å²) in [6, 6.07) is -0.504. The van der Waals surface area contributed by atoms with Crippen LogP contribution >= 0.6 is 0 Å². The SMILES string of the molecule is CC(C)(C)OC(=O)C1NCCn2cnnc21. The van der Waals surface area contributed by atoms with E-state index in [0.29, 0.717) is 5.82 Å². The Morgan fingerprint density at radius 1 is 1.62 bits per heavy atom. The average Bonchev–Trinajstić information content (AvgIpc) is 2.61. The molecule has 6 heteroatoms. The lowest BCUT2D eigenvalue weighted by Crippen LogP contribution is -2.41. The summed E-state index contributed by atoms with van der Waals surface area (Å²) in [4.78, 5) is 11.9. The van der Waals surface area contributed by atoms with Crippen molar-refractivity contribution >= 4 is 5.97 Å². The number of ether oxygens (including phenoxy) is 1. The van der Waals surface area contributed by atoms with Crippen LogP contribution in [0, 0.1) is 0 Å². The van der Waals surface area contributed by atoms with Crippen molar-refractivity contribution in [2.75, 3.05) is 6.54 Å². The third-order valence-electron chi connectivity index (χ3n) is 2.25. The molecule has 1 unspecified atom stereocenters. The molecule has 0 bridgehead atoms. The number of esters is 1. The van der Waals surface area contributed by atoms with Crippen molar-refractivity contribution in [3.63, 3.8) is 0 Å². The zero-order chi connectivity index (χ0) is 11.8. The summed E-state index contributed by atoms with van der Waals surface area (Å²) in [5, 5.41) is 10.8. The van der Waals surface area contributed by atoms with Crippen LogP contribution in [-0.2, 0) is 16.1 Å². The maximum absolute atomic E-state index is 11.9. The second kappa shape index (κ2) is 3.86. The smallest absolute Gasteiger partial charge is 0.331 e. The molecular formula is C10H16N4O2. The minimum Gasteiger partial charge on any atom is -0.458 e. The Bertz CT molecular complexity index is 394. The highest BCUT2D eigenvalue weighted by Gasteiger charge is 2.32. The second-order valence-corrected chi connectivity index (χ2v) is 4.80. The van der Waals surface area contributed by atoms with Gasteiger partial charge in [0.2, 0.25) is 0 Å². The van der Waals surface area contributed by atoms with Gasteiger partial charge in [-0.25, -0.2) is 4.79 Å². The molecule has 0 amide bonds. The van der Waals surface area contributed by atoms with Crippen molar-refractivity contribution < 1.29 is 9.53 Å². The number of nitrogens with zero attached hydrogens (tertiary/aromatic N) is 3. The number of rotatable bonds is 1. The minimum absolute atomic E-state index is 0.304. The van der Waals surface area contributed by atoms with Gasteiger partial charge in [-0.05, 0) is 20.8 Å². The molecule has 0 saturated carbocycles. The highest BCUT2D eigenvalue weighted by atomic mass is 16.6. The molecule has 0 radical (unpaired) electrons. The molecule has 0 spiro atoms. The molecule has 1 N–H and O–H groups in total. The van der Waals surface area contributed by atoms with Crippen molar-refractivity contribution in [1.82, 2.24) is 20.1 Å². The predicted molar refractivity (Wildman–Crippen MR) is 56.6 cm³/mol. The van der Waals surface area contributed by atoms with E-state index in [0.717, 1.165) is 13.1 Å². The van der Waals surface area contributed by atoms with Gasteiger partial charge in [0.05, 0.1) is 0 Å². The van der Waals surface area contributed by atoms with Crippen molar-refractivity contribution in [2.24, 2.45) is 0 Å². The summed E-state index contributed by atoms with van der Waals surface area (Å²) in [6.07, 6.45) is 1.63. The van der Waals surface area contributed by atoms with Gasteiger partial charge in [-0.3, -0.25) is 5.32 Å². The van der Waals surface area contributed by atoms with E-state index in [9.17, 15) is 4.79 Å². The number of aromatic nitrogens is 3. The second-order valence-electron chi connectivity index (χ2n) is 4.80. The zero-order valence-corrected chi connectivity index (χ0v) is 9.73. The van der Waals surface area contributed by atoms with Crippen LogP contribution in [0.15, 0.2) is 6.33 Å². The van der Waals surface area contributed by atoms with Gasteiger partial charge in [0, 0.05) is 13.1 Å². The molecule has 0 aliphatic carbocycles. The number of nitrogens with one attached hydrogen (secondary N) is 1. The van der Waals surface area contributed by atoms with Gasteiger partial charge in [0.25, 0.3) is 0 Å². The first kappa shape index (κ1) is 11.1. The molecule has 1 aromatic rings. The fraction of sp³-hybridized carbons (Fsp3) is 0.700. The van der Waals surface area contributed by atoms with E-state index in [1.165, 1.54) is 0 Å². The molecular weight excluding hydrogens is 208 g/mol. The standard InChI is InChI=1S/C10H16N4O2/c1-10(2,3)16-9(15)7-8-13-12-6-14(8)5-4-11-7/h6-7,11H,4-5H2,1-3H3. The van der Waals surface area contributed by atoms with E-state index in [1.807, 2.05) is 25.3 Å². The van der Waals surface area contributed by atoms with Crippen LogP contribution in [0.2, 0.25) is 0 Å². The molecule has 0 fully saturated rings. The van der Waals surface area contributed by atoms with E-state index < -0.39 is 11.6 Å². The fourth-order valence-corrected chi connectivity index (χ4v) is 1.63. The van der Waals surface area contributed by atoms with Gasteiger partial charge in [0.1, 0.15) is 11.9 Å². The maximum atomic E-state index is 11.9. The van der Waals surface area contributed by atoms with E-state index in [1.54, 1.807) is 6.33 Å². The Morgan fingerprint density at radius 2 is 2.38 bits per heavy atom. The third kappa shape index (κ3) is 2.21. The predicted octanol–water partition coefficient (Wildman–Crippen LogP) is 0.264. The first-order valence-electron chi connectivity index (χ1n) is 5.31. The van der Waals surface area contributed by atoms with Crippen LogP contribution in [-0.4, -0.2) is 32.9 Å². The van der Waals surface area contributed by atoms with Crippen LogP contribution in [0.4, 0.5) is 0 Å². The molecule has 1 aliphatic heterocycles. The zero-order valence-electron chi connectivity index (χ0n) is 9.73.